The lowest BCUT2D eigenvalue weighted by Gasteiger charge is -2.01. The number of hydrogen-bond donors (Lipinski definition) is 1. The second-order valence-corrected chi connectivity index (χ2v) is 7.27. The summed E-state index contributed by atoms with van der Waals surface area (Å²) in [5.74, 6) is -0.501. The Morgan fingerprint density at radius 3 is 2.84 bits per heavy atom. The van der Waals surface area contributed by atoms with Gasteiger partial charge in [-0.3, -0.25) is 19.3 Å². The Morgan fingerprint density at radius 1 is 1.16 bits per heavy atom. The molecule has 6 nitrogen and oxygen atoms in total. The van der Waals surface area contributed by atoms with Crippen LogP contribution in [0.2, 0.25) is 0 Å². The zero-order chi connectivity index (χ0) is 17.2. The average molecular weight is 368 g/mol. The van der Waals surface area contributed by atoms with Gasteiger partial charge in [0.05, 0.1) is 0 Å². The first-order chi connectivity index (χ1) is 12.2. The van der Waals surface area contributed by atoms with Crippen molar-refractivity contribution in [1.82, 2.24) is 14.4 Å². The molecular formula is C17H12N4O2S2. The van der Waals surface area contributed by atoms with Crippen LogP contribution in [0.15, 0.2) is 59.1 Å². The number of benzene rings is 1. The van der Waals surface area contributed by atoms with Crippen molar-refractivity contribution in [1.29, 1.82) is 0 Å². The highest BCUT2D eigenvalue weighted by Gasteiger charge is 2.15. The average Bonchev–Trinajstić information content (AvgIpc) is 3.26. The number of hydrogen-bond acceptors (Lipinski definition) is 6. The van der Waals surface area contributed by atoms with Gasteiger partial charge in [-0.15, -0.1) is 22.7 Å². The van der Waals surface area contributed by atoms with Crippen LogP contribution in [0.1, 0.15) is 20.8 Å². The lowest BCUT2D eigenvalue weighted by atomic mass is 10.1. The molecule has 0 aliphatic carbocycles. The molecular weight excluding hydrogens is 356 g/mol. The summed E-state index contributed by atoms with van der Waals surface area (Å²) in [7, 11) is 0. The van der Waals surface area contributed by atoms with E-state index in [1.54, 1.807) is 17.8 Å². The predicted molar refractivity (Wildman–Crippen MR) is 98.7 cm³/mol. The van der Waals surface area contributed by atoms with Gasteiger partial charge in [0.1, 0.15) is 5.56 Å². The number of nitrogens with one attached hydrogen (secondary N) is 1. The summed E-state index contributed by atoms with van der Waals surface area (Å²) in [6.45, 7) is 0. The third-order valence-electron chi connectivity index (χ3n) is 3.58. The minimum atomic E-state index is -0.501. The summed E-state index contributed by atoms with van der Waals surface area (Å²) in [5.41, 5.74) is 0.787. The quantitative estimate of drug-likeness (QED) is 0.601. The SMILES string of the molecule is O=C(Nc1ncc(Cc2ccccc2)s1)c1cnc2sccn2c1=O. The number of rotatable bonds is 4. The Labute approximate surface area is 150 Å². The van der Waals surface area contributed by atoms with Gasteiger partial charge in [0, 0.05) is 35.3 Å². The largest absolute Gasteiger partial charge is 0.298 e. The van der Waals surface area contributed by atoms with Crippen LogP contribution in [0.5, 0.6) is 0 Å². The zero-order valence-corrected chi connectivity index (χ0v) is 14.5. The normalized spacial score (nSPS) is 10.9. The number of amides is 1. The Balaban J connectivity index is 1.52. The molecule has 0 atom stereocenters. The molecule has 25 heavy (non-hydrogen) atoms. The van der Waals surface area contributed by atoms with Crippen molar-refractivity contribution in [3.05, 3.63) is 80.7 Å². The molecule has 4 rings (SSSR count). The standard InChI is InChI=1S/C17H12N4O2S2/c22-14(13-10-19-17-21(15(13)23)6-7-24-17)20-16-18-9-12(25-16)8-11-4-2-1-3-5-11/h1-7,9-10H,8H2,(H,18,20,22). The van der Waals surface area contributed by atoms with Gasteiger partial charge in [-0.05, 0) is 5.56 Å². The number of fused-ring (bicyclic) bond motifs is 1. The van der Waals surface area contributed by atoms with Crippen LogP contribution >= 0.6 is 22.7 Å². The van der Waals surface area contributed by atoms with Gasteiger partial charge in [0.25, 0.3) is 11.5 Å². The fourth-order valence-corrected chi connectivity index (χ4v) is 3.91. The molecule has 0 spiro atoms. The van der Waals surface area contributed by atoms with E-state index < -0.39 is 5.91 Å². The van der Waals surface area contributed by atoms with Gasteiger partial charge in [0.15, 0.2) is 10.1 Å². The highest BCUT2D eigenvalue weighted by molar-refractivity contribution is 7.15. The predicted octanol–water partition coefficient (Wildman–Crippen LogP) is 3.06. The maximum Gasteiger partial charge on any atom is 0.271 e. The van der Waals surface area contributed by atoms with Crippen molar-refractivity contribution < 1.29 is 4.79 Å². The van der Waals surface area contributed by atoms with Crippen LogP contribution in [0.25, 0.3) is 4.96 Å². The van der Waals surface area contributed by atoms with E-state index in [4.69, 9.17) is 0 Å². The Kier molecular flexibility index (Phi) is 4.12. The molecule has 1 aromatic carbocycles. The molecule has 0 bridgehead atoms. The van der Waals surface area contributed by atoms with Crippen LogP contribution in [-0.4, -0.2) is 20.3 Å². The van der Waals surface area contributed by atoms with Crippen LogP contribution in [0.3, 0.4) is 0 Å². The Bertz CT molecular complexity index is 1100. The van der Waals surface area contributed by atoms with Crippen molar-refractivity contribution in [2.45, 2.75) is 6.42 Å². The third kappa shape index (κ3) is 3.21. The van der Waals surface area contributed by atoms with E-state index in [2.05, 4.69) is 15.3 Å². The molecule has 0 fully saturated rings. The summed E-state index contributed by atoms with van der Waals surface area (Å²) in [4.78, 5) is 34.6. The monoisotopic (exact) mass is 368 g/mol. The molecule has 0 radical (unpaired) electrons. The van der Waals surface area contributed by atoms with Gasteiger partial charge >= 0.3 is 0 Å². The van der Waals surface area contributed by atoms with Crippen molar-refractivity contribution in [3.8, 4) is 0 Å². The molecule has 3 heterocycles. The van der Waals surface area contributed by atoms with Gasteiger partial charge in [-0.1, -0.05) is 30.3 Å². The van der Waals surface area contributed by atoms with E-state index in [9.17, 15) is 9.59 Å². The van der Waals surface area contributed by atoms with E-state index in [-0.39, 0.29) is 11.1 Å². The van der Waals surface area contributed by atoms with E-state index >= 15 is 0 Å². The smallest absolute Gasteiger partial charge is 0.271 e. The molecule has 0 saturated carbocycles. The topological polar surface area (TPSA) is 76.4 Å². The van der Waals surface area contributed by atoms with Crippen LogP contribution in [0, 0.1) is 0 Å². The van der Waals surface area contributed by atoms with E-state index in [1.165, 1.54) is 38.8 Å². The molecule has 8 heteroatoms. The maximum atomic E-state index is 12.4. The van der Waals surface area contributed by atoms with Crippen molar-refractivity contribution in [3.63, 3.8) is 0 Å². The minimum Gasteiger partial charge on any atom is -0.298 e. The molecule has 0 unspecified atom stereocenters. The van der Waals surface area contributed by atoms with Gasteiger partial charge in [0.2, 0.25) is 0 Å². The number of carbonyl (C=O) groups is 1. The second kappa shape index (κ2) is 6.58. The Morgan fingerprint density at radius 2 is 2.00 bits per heavy atom. The Hall–Kier alpha value is -2.84. The first-order valence-corrected chi connectivity index (χ1v) is 9.15. The number of thiazole rings is 2. The summed E-state index contributed by atoms with van der Waals surface area (Å²) in [6.07, 6.45) is 5.40. The summed E-state index contributed by atoms with van der Waals surface area (Å²) in [6, 6.07) is 10.0. The van der Waals surface area contributed by atoms with Crippen LogP contribution in [-0.2, 0) is 6.42 Å². The van der Waals surface area contributed by atoms with E-state index in [1.807, 2.05) is 30.3 Å². The fourth-order valence-electron chi connectivity index (χ4n) is 2.39. The molecule has 4 aromatic rings. The summed E-state index contributed by atoms with van der Waals surface area (Å²) < 4.78 is 1.36. The van der Waals surface area contributed by atoms with Crippen molar-refractivity contribution in [2.75, 3.05) is 5.32 Å². The maximum absolute atomic E-state index is 12.4. The molecule has 0 aliphatic heterocycles. The number of anilines is 1. The second-order valence-electron chi connectivity index (χ2n) is 5.28. The molecule has 3 aromatic heterocycles. The highest BCUT2D eigenvalue weighted by atomic mass is 32.1. The number of carbonyl (C=O) groups excluding carboxylic acids is 1. The number of nitrogens with zero attached hydrogens (tertiary/aromatic N) is 3. The first-order valence-electron chi connectivity index (χ1n) is 7.45. The minimum absolute atomic E-state index is 0.00397. The molecule has 0 aliphatic rings. The van der Waals surface area contributed by atoms with Crippen molar-refractivity contribution in [2.24, 2.45) is 0 Å². The van der Waals surface area contributed by atoms with Gasteiger partial charge in [-0.25, -0.2) is 9.97 Å². The number of aromatic nitrogens is 3. The third-order valence-corrected chi connectivity index (χ3v) is 5.27. The highest BCUT2D eigenvalue weighted by Crippen LogP contribution is 2.21. The fraction of sp³-hybridized carbons (Fsp3) is 0.0588. The lowest BCUT2D eigenvalue weighted by Crippen LogP contribution is -2.25. The summed E-state index contributed by atoms with van der Waals surface area (Å²) in [5, 5.41) is 4.90. The van der Waals surface area contributed by atoms with Gasteiger partial charge in [-0.2, -0.15) is 0 Å². The zero-order valence-electron chi connectivity index (χ0n) is 12.9. The van der Waals surface area contributed by atoms with Crippen LogP contribution in [0.4, 0.5) is 5.13 Å². The van der Waals surface area contributed by atoms with E-state index in [0.29, 0.717) is 10.1 Å². The first kappa shape index (κ1) is 15.7. The molecule has 0 saturated heterocycles. The van der Waals surface area contributed by atoms with Crippen molar-refractivity contribution >= 4 is 38.7 Å². The molecule has 1 amide bonds. The molecule has 124 valence electrons. The van der Waals surface area contributed by atoms with E-state index in [0.717, 1.165) is 11.3 Å². The lowest BCUT2D eigenvalue weighted by molar-refractivity contribution is 0.102. The van der Waals surface area contributed by atoms with Gasteiger partial charge < -0.3 is 0 Å². The molecule has 1 N–H and O–H groups in total. The van der Waals surface area contributed by atoms with Crippen LogP contribution < -0.4 is 10.9 Å². The summed E-state index contributed by atoms with van der Waals surface area (Å²) >= 11 is 2.73.